The molecule has 3 N–H and O–H groups in total. The number of nitrogens with two attached hydrogens (primary N) is 1. The molecular formula is C29H33N3O3. The number of carbonyl (C=O) groups excluding carboxylic acids is 2. The van der Waals surface area contributed by atoms with Gasteiger partial charge >= 0.3 is 0 Å². The highest BCUT2D eigenvalue weighted by Crippen LogP contribution is 2.29. The molecule has 1 aliphatic heterocycles. The first-order valence-corrected chi connectivity index (χ1v) is 12.3. The topological polar surface area (TPSA) is 84.7 Å². The van der Waals surface area contributed by atoms with E-state index in [0.717, 1.165) is 42.9 Å². The molecule has 0 aromatic heterocycles. The lowest BCUT2D eigenvalue weighted by Gasteiger charge is -2.36. The Bertz CT molecular complexity index is 1130. The Morgan fingerprint density at radius 1 is 0.857 bits per heavy atom. The van der Waals surface area contributed by atoms with E-state index in [1.165, 1.54) is 5.56 Å². The predicted molar refractivity (Wildman–Crippen MR) is 137 cm³/mol. The Labute approximate surface area is 207 Å². The molecule has 1 aliphatic rings. The summed E-state index contributed by atoms with van der Waals surface area (Å²) in [5.41, 5.74) is 8.49. The highest BCUT2D eigenvalue weighted by atomic mass is 16.5. The molecule has 35 heavy (non-hydrogen) atoms. The van der Waals surface area contributed by atoms with Gasteiger partial charge in [0.2, 0.25) is 11.8 Å². The van der Waals surface area contributed by atoms with Crippen molar-refractivity contribution in [1.82, 2.24) is 10.2 Å². The van der Waals surface area contributed by atoms with Gasteiger partial charge in [-0.15, -0.1) is 0 Å². The fourth-order valence-electron chi connectivity index (χ4n) is 4.54. The number of rotatable bonds is 10. The molecule has 1 heterocycles. The molecule has 6 nitrogen and oxygen atoms in total. The number of primary amides is 1. The summed E-state index contributed by atoms with van der Waals surface area (Å²) >= 11 is 0. The van der Waals surface area contributed by atoms with E-state index in [2.05, 4.69) is 17.4 Å². The zero-order valence-corrected chi connectivity index (χ0v) is 20.0. The molecule has 4 rings (SSSR count). The van der Waals surface area contributed by atoms with Crippen LogP contribution in [0.2, 0.25) is 0 Å². The third-order valence-electron chi connectivity index (χ3n) is 6.40. The van der Waals surface area contributed by atoms with Crippen LogP contribution in [0, 0.1) is 0 Å². The lowest BCUT2D eigenvalue weighted by atomic mass is 10.0. The van der Waals surface area contributed by atoms with Crippen LogP contribution in [0.1, 0.15) is 29.5 Å². The van der Waals surface area contributed by atoms with Crippen LogP contribution in [0.25, 0.3) is 0 Å². The van der Waals surface area contributed by atoms with E-state index in [-0.39, 0.29) is 24.3 Å². The number of benzene rings is 3. The number of nitrogens with zero attached hydrogens (tertiary/aromatic N) is 1. The molecule has 0 spiro atoms. The smallest absolute Gasteiger partial charge is 0.223 e. The van der Waals surface area contributed by atoms with Gasteiger partial charge in [-0.3, -0.25) is 9.59 Å². The van der Waals surface area contributed by atoms with Crippen molar-refractivity contribution in [1.29, 1.82) is 0 Å². The molecule has 1 saturated heterocycles. The number of ether oxygens (including phenoxy) is 1. The van der Waals surface area contributed by atoms with Gasteiger partial charge in [0, 0.05) is 38.5 Å². The van der Waals surface area contributed by atoms with E-state index >= 15 is 0 Å². The summed E-state index contributed by atoms with van der Waals surface area (Å²) in [6.07, 6.45) is 2.67. The highest BCUT2D eigenvalue weighted by Gasteiger charge is 2.26. The summed E-state index contributed by atoms with van der Waals surface area (Å²) in [7, 11) is 0. The molecule has 6 heteroatoms. The molecule has 182 valence electrons. The van der Waals surface area contributed by atoms with Crippen molar-refractivity contribution in [2.24, 2.45) is 5.73 Å². The second kappa shape index (κ2) is 12.2. The first kappa shape index (κ1) is 24.5. The SMILES string of the molecule is NC(=O)CCc1ccccc1Oc1ccccc1CCC(=O)N1CCNCC1Cc1ccccc1. The molecule has 1 unspecified atom stereocenters. The number of amides is 2. The van der Waals surface area contributed by atoms with Gasteiger partial charge in [-0.1, -0.05) is 66.7 Å². The summed E-state index contributed by atoms with van der Waals surface area (Å²) in [5, 5.41) is 3.43. The van der Waals surface area contributed by atoms with Gasteiger partial charge < -0.3 is 20.7 Å². The molecule has 1 atom stereocenters. The van der Waals surface area contributed by atoms with E-state index < -0.39 is 0 Å². The molecule has 3 aromatic carbocycles. The Morgan fingerprint density at radius 2 is 1.46 bits per heavy atom. The van der Waals surface area contributed by atoms with Crippen LogP contribution in [0.3, 0.4) is 0 Å². The standard InChI is InChI=1S/C29H33N3O3/c30-28(33)16-14-23-10-4-6-12-26(23)35-27-13-7-5-11-24(27)15-17-29(34)32-19-18-31-21-25(32)20-22-8-2-1-3-9-22/h1-13,25,31H,14-21H2,(H2,30,33). The number of carbonyl (C=O) groups is 2. The fourth-order valence-corrected chi connectivity index (χ4v) is 4.54. The summed E-state index contributed by atoms with van der Waals surface area (Å²) in [5.74, 6) is 1.27. The van der Waals surface area contributed by atoms with Crippen LogP contribution in [0.15, 0.2) is 78.9 Å². The quantitative estimate of drug-likeness (QED) is 0.470. The van der Waals surface area contributed by atoms with E-state index in [9.17, 15) is 9.59 Å². The molecular weight excluding hydrogens is 438 g/mol. The van der Waals surface area contributed by atoms with Gasteiger partial charge in [-0.25, -0.2) is 0 Å². The van der Waals surface area contributed by atoms with E-state index in [1.54, 1.807) is 0 Å². The van der Waals surface area contributed by atoms with Crippen molar-refractivity contribution in [3.8, 4) is 11.5 Å². The van der Waals surface area contributed by atoms with E-state index in [1.807, 2.05) is 71.6 Å². The number of piperazine rings is 1. The number of hydrogen-bond donors (Lipinski definition) is 2. The van der Waals surface area contributed by atoms with Crippen LogP contribution < -0.4 is 15.8 Å². The maximum atomic E-state index is 13.3. The summed E-state index contributed by atoms with van der Waals surface area (Å²) < 4.78 is 6.26. The lowest BCUT2D eigenvalue weighted by Crippen LogP contribution is -2.54. The zero-order chi connectivity index (χ0) is 24.5. The average Bonchev–Trinajstić information content (AvgIpc) is 2.88. The molecule has 0 aliphatic carbocycles. The van der Waals surface area contributed by atoms with Gasteiger partial charge in [-0.2, -0.15) is 0 Å². The average molecular weight is 472 g/mol. The van der Waals surface area contributed by atoms with Crippen molar-refractivity contribution in [3.63, 3.8) is 0 Å². The zero-order valence-electron chi connectivity index (χ0n) is 20.0. The van der Waals surface area contributed by atoms with Crippen molar-refractivity contribution < 1.29 is 14.3 Å². The summed E-state index contributed by atoms with van der Waals surface area (Å²) in [6.45, 7) is 2.35. The number of para-hydroxylation sites is 2. The maximum absolute atomic E-state index is 13.3. The Morgan fingerprint density at radius 3 is 2.11 bits per heavy atom. The van der Waals surface area contributed by atoms with Crippen LogP contribution in [0.5, 0.6) is 11.5 Å². The van der Waals surface area contributed by atoms with Crippen molar-refractivity contribution in [2.75, 3.05) is 19.6 Å². The molecule has 0 bridgehead atoms. The first-order valence-electron chi connectivity index (χ1n) is 12.3. The molecule has 1 fully saturated rings. The predicted octanol–water partition coefficient (Wildman–Crippen LogP) is 3.87. The minimum atomic E-state index is -0.336. The van der Waals surface area contributed by atoms with E-state index in [0.29, 0.717) is 25.0 Å². The van der Waals surface area contributed by atoms with Gasteiger partial charge in [0.15, 0.2) is 0 Å². The Kier molecular flexibility index (Phi) is 8.52. The summed E-state index contributed by atoms with van der Waals surface area (Å²) in [6, 6.07) is 26.0. The van der Waals surface area contributed by atoms with Crippen LogP contribution >= 0.6 is 0 Å². The van der Waals surface area contributed by atoms with Crippen molar-refractivity contribution in [2.45, 2.75) is 38.1 Å². The summed E-state index contributed by atoms with van der Waals surface area (Å²) in [4.78, 5) is 26.5. The highest BCUT2D eigenvalue weighted by molar-refractivity contribution is 5.77. The van der Waals surface area contributed by atoms with Gasteiger partial charge in [-0.05, 0) is 48.1 Å². The molecule has 3 aromatic rings. The van der Waals surface area contributed by atoms with E-state index in [4.69, 9.17) is 10.5 Å². The number of aryl methyl sites for hydroxylation is 2. The van der Waals surface area contributed by atoms with Gasteiger partial charge in [0.05, 0.1) is 0 Å². The fraction of sp³-hybridized carbons (Fsp3) is 0.310. The second-order valence-electron chi connectivity index (χ2n) is 8.92. The Hall–Kier alpha value is -3.64. The molecule has 2 amide bonds. The lowest BCUT2D eigenvalue weighted by molar-refractivity contribution is -0.134. The molecule has 0 radical (unpaired) electrons. The monoisotopic (exact) mass is 471 g/mol. The largest absolute Gasteiger partial charge is 0.457 e. The number of hydrogen-bond acceptors (Lipinski definition) is 4. The number of nitrogens with one attached hydrogen (secondary N) is 1. The van der Waals surface area contributed by atoms with Crippen molar-refractivity contribution >= 4 is 11.8 Å². The van der Waals surface area contributed by atoms with Gasteiger partial charge in [0.1, 0.15) is 11.5 Å². The Balaban J connectivity index is 1.41. The second-order valence-corrected chi connectivity index (χ2v) is 8.92. The van der Waals surface area contributed by atoms with Gasteiger partial charge in [0.25, 0.3) is 0 Å². The van der Waals surface area contributed by atoms with Crippen molar-refractivity contribution in [3.05, 3.63) is 95.6 Å². The minimum Gasteiger partial charge on any atom is -0.457 e. The van der Waals surface area contributed by atoms with Crippen LogP contribution in [-0.4, -0.2) is 42.4 Å². The van der Waals surface area contributed by atoms with Crippen LogP contribution in [-0.2, 0) is 28.9 Å². The minimum absolute atomic E-state index is 0.155. The maximum Gasteiger partial charge on any atom is 0.223 e. The first-order chi connectivity index (χ1) is 17.1. The third kappa shape index (κ3) is 6.93. The molecule has 0 saturated carbocycles. The van der Waals surface area contributed by atoms with Crippen LogP contribution in [0.4, 0.5) is 0 Å². The normalized spacial score (nSPS) is 15.5. The third-order valence-corrected chi connectivity index (χ3v) is 6.40.